The first-order chi connectivity index (χ1) is 13.2. The Bertz CT molecular complexity index is 791. The van der Waals surface area contributed by atoms with Gasteiger partial charge in [-0.15, -0.1) is 24.5 Å². The zero-order chi connectivity index (χ0) is 22.2. The van der Waals surface area contributed by atoms with E-state index in [1.165, 1.54) is 12.2 Å². The number of anilines is 1. The molecule has 164 valence electrons. The summed E-state index contributed by atoms with van der Waals surface area (Å²) in [5, 5.41) is 0.965. The van der Waals surface area contributed by atoms with Crippen LogP contribution in [-0.4, -0.2) is 36.9 Å². The van der Waals surface area contributed by atoms with E-state index in [-0.39, 0.29) is 18.1 Å². The van der Waals surface area contributed by atoms with E-state index in [2.05, 4.69) is 4.74 Å². The molecule has 0 aromatic carbocycles. The van der Waals surface area contributed by atoms with Crippen LogP contribution in [0, 0.1) is 5.92 Å². The molecule has 1 aliphatic rings. The Morgan fingerprint density at radius 3 is 2.34 bits per heavy atom. The van der Waals surface area contributed by atoms with E-state index in [1.807, 2.05) is 6.92 Å². The fourth-order valence-electron chi connectivity index (χ4n) is 2.78. The van der Waals surface area contributed by atoms with Crippen molar-refractivity contribution < 1.29 is 49.8 Å². The maximum atomic E-state index is 13.7. The molecule has 1 aliphatic carbocycles. The minimum atomic E-state index is -6.16. The quantitative estimate of drug-likeness (QED) is 0.501. The number of ether oxygens (including phenoxy) is 2. The van der Waals surface area contributed by atoms with Crippen LogP contribution in [0.4, 0.5) is 35.7 Å². The molecule has 0 saturated carbocycles. The Balaban J connectivity index is 2.37. The molecular weight excluding hydrogens is 435 g/mol. The van der Waals surface area contributed by atoms with E-state index in [0.29, 0.717) is 41.0 Å². The van der Waals surface area contributed by atoms with Crippen molar-refractivity contribution in [3.63, 3.8) is 0 Å². The number of fused-ring (bicyclic) bond motifs is 1. The predicted octanol–water partition coefficient (Wildman–Crippen LogP) is 4.75. The van der Waals surface area contributed by atoms with E-state index >= 15 is 0 Å². The number of esters is 1. The molecule has 0 radical (unpaired) electrons. The number of alkyl halides is 7. The van der Waals surface area contributed by atoms with Gasteiger partial charge in [0.25, 0.3) is 0 Å². The SMILES string of the molecule is CCOC(=O)c1c(NC(=O)C(F)(F)C(F)(F)OC(F)(F)F)sc2c1CCC(C)C2. The zero-order valence-electron chi connectivity index (χ0n) is 15.1. The number of rotatable bonds is 6. The molecule has 0 fully saturated rings. The van der Waals surface area contributed by atoms with E-state index < -0.39 is 35.3 Å². The highest BCUT2D eigenvalue weighted by Crippen LogP contribution is 2.43. The van der Waals surface area contributed by atoms with E-state index in [0.717, 1.165) is 0 Å². The topological polar surface area (TPSA) is 64.6 Å². The summed E-state index contributed by atoms with van der Waals surface area (Å²) < 4.78 is 96.9. The van der Waals surface area contributed by atoms with E-state index in [9.17, 15) is 40.3 Å². The van der Waals surface area contributed by atoms with Gasteiger partial charge in [0.15, 0.2) is 0 Å². The molecule has 0 bridgehead atoms. The highest BCUT2D eigenvalue weighted by molar-refractivity contribution is 7.17. The van der Waals surface area contributed by atoms with Gasteiger partial charge in [0, 0.05) is 4.88 Å². The summed E-state index contributed by atoms with van der Waals surface area (Å²) in [5.74, 6) is -9.39. The lowest BCUT2D eigenvalue weighted by molar-refractivity contribution is -0.457. The van der Waals surface area contributed by atoms with E-state index in [4.69, 9.17) is 4.74 Å². The normalized spacial score (nSPS) is 17.6. The van der Waals surface area contributed by atoms with Crippen LogP contribution < -0.4 is 5.32 Å². The highest BCUT2D eigenvalue weighted by Gasteiger charge is 2.67. The van der Waals surface area contributed by atoms with Gasteiger partial charge in [0.1, 0.15) is 5.00 Å². The molecular formula is C16H16F7NO4S. The molecule has 2 rings (SSSR count). The largest absolute Gasteiger partial charge is 0.527 e. The van der Waals surface area contributed by atoms with Crippen LogP contribution in [0.25, 0.3) is 0 Å². The van der Waals surface area contributed by atoms with Gasteiger partial charge in [-0.25, -0.2) is 9.53 Å². The number of nitrogens with one attached hydrogen (secondary N) is 1. The van der Waals surface area contributed by atoms with Crippen LogP contribution in [0.3, 0.4) is 0 Å². The lowest BCUT2D eigenvalue weighted by Crippen LogP contribution is -2.53. The van der Waals surface area contributed by atoms with Gasteiger partial charge in [-0.2, -0.15) is 17.6 Å². The van der Waals surface area contributed by atoms with Crippen LogP contribution in [0.2, 0.25) is 0 Å². The second-order valence-corrected chi connectivity index (χ2v) is 7.47. The molecule has 1 aromatic rings. The molecule has 5 nitrogen and oxygen atoms in total. The average molecular weight is 451 g/mol. The third kappa shape index (κ3) is 5.00. The zero-order valence-corrected chi connectivity index (χ0v) is 15.9. The van der Waals surface area contributed by atoms with Crippen molar-refractivity contribution in [2.24, 2.45) is 5.92 Å². The van der Waals surface area contributed by atoms with Gasteiger partial charge in [0.05, 0.1) is 12.2 Å². The van der Waals surface area contributed by atoms with Crippen molar-refractivity contribution >= 4 is 28.2 Å². The minimum absolute atomic E-state index is 0.0824. The molecule has 1 amide bonds. The third-order valence-electron chi connectivity index (χ3n) is 4.11. The number of carbonyl (C=O) groups is 2. The van der Waals surface area contributed by atoms with Crippen molar-refractivity contribution in [3.8, 4) is 0 Å². The number of hydrogen-bond acceptors (Lipinski definition) is 5. The molecule has 1 N–H and O–H groups in total. The molecule has 1 heterocycles. The summed E-state index contributed by atoms with van der Waals surface area (Å²) in [7, 11) is 0. The minimum Gasteiger partial charge on any atom is -0.462 e. The second kappa shape index (κ2) is 8.09. The number of hydrogen-bond donors (Lipinski definition) is 1. The number of thiophene rings is 1. The fraction of sp³-hybridized carbons (Fsp3) is 0.625. The van der Waals surface area contributed by atoms with Crippen LogP contribution >= 0.6 is 11.3 Å². The lowest BCUT2D eigenvalue weighted by Gasteiger charge is -2.25. The summed E-state index contributed by atoms with van der Waals surface area (Å²) in [6.07, 6.45) is -10.8. The van der Waals surface area contributed by atoms with Crippen molar-refractivity contribution in [2.45, 2.75) is 51.5 Å². The molecule has 13 heteroatoms. The van der Waals surface area contributed by atoms with Crippen LogP contribution in [0.1, 0.15) is 41.1 Å². The Morgan fingerprint density at radius 2 is 1.79 bits per heavy atom. The molecule has 1 atom stereocenters. The van der Waals surface area contributed by atoms with Gasteiger partial charge in [-0.1, -0.05) is 6.92 Å². The van der Waals surface area contributed by atoms with Gasteiger partial charge in [-0.3, -0.25) is 4.79 Å². The summed E-state index contributed by atoms with van der Waals surface area (Å²) in [6.45, 7) is 3.29. The highest BCUT2D eigenvalue weighted by atomic mass is 32.1. The van der Waals surface area contributed by atoms with E-state index in [1.54, 1.807) is 0 Å². The first kappa shape index (κ1) is 23.4. The Morgan fingerprint density at radius 1 is 1.17 bits per heavy atom. The first-order valence-electron chi connectivity index (χ1n) is 8.35. The summed E-state index contributed by atoms with van der Waals surface area (Å²) in [4.78, 5) is 24.5. The Labute approximate surface area is 164 Å². The molecule has 1 unspecified atom stereocenters. The van der Waals surface area contributed by atoms with Crippen molar-refractivity contribution in [3.05, 3.63) is 16.0 Å². The molecule has 29 heavy (non-hydrogen) atoms. The summed E-state index contributed by atoms with van der Waals surface area (Å²) in [6, 6.07) is 0. The number of carbonyl (C=O) groups excluding carboxylic acids is 2. The van der Waals surface area contributed by atoms with Gasteiger partial charge in [-0.05, 0) is 37.7 Å². The second-order valence-electron chi connectivity index (χ2n) is 6.37. The number of halogens is 7. The molecule has 0 aliphatic heterocycles. The maximum Gasteiger partial charge on any atom is 0.527 e. The predicted molar refractivity (Wildman–Crippen MR) is 87.1 cm³/mol. The first-order valence-corrected chi connectivity index (χ1v) is 9.16. The van der Waals surface area contributed by atoms with Crippen molar-refractivity contribution in [1.29, 1.82) is 0 Å². The fourth-order valence-corrected chi connectivity index (χ4v) is 4.18. The Kier molecular flexibility index (Phi) is 6.52. The number of amides is 1. The smallest absolute Gasteiger partial charge is 0.462 e. The lowest BCUT2D eigenvalue weighted by atomic mass is 9.88. The molecule has 0 spiro atoms. The monoisotopic (exact) mass is 451 g/mol. The van der Waals surface area contributed by atoms with Crippen molar-refractivity contribution in [2.75, 3.05) is 11.9 Å². The molecule has 0 saturated heterocycles. The van der Waals surface area contributed by atoms with Gasteiger partial charge in [0.2, 0.25) is 0 Å². The van der Waals surface area contributed by atoms with Gasteiger partial charge < -0.3 is 10.1 Å². The summed E-state index contributed by atoms with van der Waals surface area (Å²) >= 11 is 0.714. The molecule has 1 aromatic heterocycles. The third-order valence-corrected chi connectivity index (χ3v) is 5.28. The van der Waals surface area contributed by atoms with Gasteiger partial charge >= 0.3 is 30.3 Å². The average Bonchev–Trinajstić information content (AvgIpc) is 2.89. The Hall–Kier alpha value is -1.89. The maximum absolute atomic E-state index is 13.7. The standard InChI is InChI=1S/C16H16F7NO4S/c1-3-27-12(25)10-8-5-4-7(2)6-9(8)29-11(10)24-13(26)14(17,18)15(19,20)28-16(21,22)23/h7H,3-6H2,1-2H3,(H,24,26). The van der Waals surface area contributed by atoms with Crippen LogP contribution in [0.5, 0.6) is 0 Å². The summed E-state index contributed by atoms with van der Waals surface area (Å²) in [5.41, 5.74) is 0.173. The van der Waals surface area contributed by atoms with Crippen LogP contribution in [0.15, 0.2) is 0 Å². The van der Waals surface area contributed by atoms with Crippen molar-refractivity contribution in [1.82, 2.24) is 0 Å². The van der Waals surface area contributed by atoms with Crippen LogP contribution in [-0.2, 0) is 27.1 Å².